The third-order valence-corrected chi connectivity index (χ3v) is 4.03. The van der Waals surface area contributed by atoms with Crippen LogP contribution in [0.5, 0.6) is 0 Å². The highest BCUT2D eigenvalue weighted by molar-refractivity contribution is 5.60. The van der Waals surface area contributed by atoms with Crippen molar-refractivity contribution in [2.45, 2.75) is 19.3 Å². The highest BCUT2D eigenvalue weighted by Crippen LogP contribution is 2.29. The zero-order valence-corrected chi connectivity index (χ0v) is 10.7. The van der Waals surface area contributed by atoms with Crippen molar-refractivity contribution in [3.8, 4) is 0 Å². The lowest BCUT2D eigenvalue weighted by atomic mass is 9.87. The van der Waals surface area contributed by atoms with E-state index in [4.69, 9.17) is 9.47 Å². The highest BCUT2D eigenvalue weighted by Gasteiger charge is 2.37. The number of carbonyl (C=O) groups is 1. The maximum absolute atomic E-state index is 11.2. The van der Waals surface area contributed by atoms with Gasteiger partial charge in [0, 0.05) is 26.9 Å². The molecule has 1 unspecified atom stereocenters. The van der Waals surface area contributed by atoms with Gasteiger partial charge in [0.1, 0.15) is 6.29 Å². The lowest BCUT2D eigenvalue weighted by Gasteiger charge is -2.35. The van der Waals surface area contributed by atoms with Gasteiger partial charge in [0.25, 0.3) is 0 Å². The minimum Gasteiger partial charge on any atom is -0.384 e. The molecule has 0 aromatic rings. The van der Waals surface area contributed by atoms with E-state index < -0.39 is 0 Å². The molecule has 4 heteroatoms. The lowest BCUT2D eigenvalue weighted by molar-refractivity contribution is -0.117. The standard InChI is InChI=1S/C13H23NO3/c1-16-8-12-2-5-14(6-3-12)9-13(10-15)4-7-17-11-13/h10,12H,2-9,11H2,1H3. The first-order chi connectivity index (χ1) is 8.28. The van der Waals surface area contributed by atoms with E-state index in [9.17, 15) is 4.79 Å². The van der Waals surface area contributed by atoms with Crippen LogP contribution in [0.4, 0.5) is 0 Å². The lowest BCUT2D eigenvalue weighted by Crippen LogP contribution is -2.43. The van der Waals surface area contributed by atoms with E-state index in [0.717, 1.165) is 45.6 Å². The molecule has 0 aromatic heterocycles. The van der Waals surface area contributed by atoms with Crippen LogP contribution in [0, 0.1) is 11.3 Å². The van der Waals surface area contributed by atoms with Gasteiger partial charge >= 0.3 is 0 Å². The molecule has 0 amide bonds. The monoisotopic (exact) mass is 241 g/mol. The van der Waals surface area contributed by atoms with E-state index in [-0.39, 0.29) is 5.41 Å². The second-order valence-corrected chi connectivity index (χ2v) is 5.46. The second kappa shape index (κ2) is 5.94. The number of aldehydes is 1. The van der Waals surface area contributed by atoms with Crippen LogP contribution in [0.25, 0.3) is 0 Å². The molecule has 2 fully saturated rings. The van der Waals surface area contributed by atoms with E-state index in [1.807, 2.05) is 0 Å². The summed E-state index contributed by atoms with van der Waals surface area (Å²) < 4.78 is 10.6. The van der Waals surface area contributed by atoms with E-state index >= 15 is 0 Å². The van der Waals surface area contributed by atoms with Crippen LogP contribution >= 0.6 is 0 Å². The Bertz CT molecular complexity index is 243. The highest BCUT2D eigenvalue weighted by atomic mass is 16.5. The average Bonchev–Trinajstić information content (AvgIpc) is 2.81. The predicted molar refractivity (Wildman–Crippen MR) is 65.0 cm³/mol. The molecule has 17 heavy (non-hydrogen) atoms. The van der Waals surface area contributed by atoms with Crippen molar-refractivity contribution in [3.05, 3.63) is 0 Å². The Balaban J connectivity index is 1.79. The minimum absolute atomic E-state index is 0.228. The van der Waals surface area contributed by atoms with Crippen molar-refractivity contribution in [2.75, 3.05) is 46.6 Å². The van der Waals surface area contributed by atoms with Crippen LogP contribution in [0.3, 0.4) is 0 Å². The van der Waals surface area contributed by atoms with Gasteiger partial charge in [-0.05, 0) is 38.3 Å². The van der Waals surface area contributed by atoms with Gasteiger partial charge in [-0.3, -0.25) is 0 Å². The summed E-state index contributed by atoms with van der Waals surface area (Å²) in [5.41, 5.74) is -0.228. The molecular weight excluding hydrogens is 218 g/mol. The Hall–Kier alpha value is -0.450. The van der Waals surface area contributed by atoms with E-state index in [1.165, 1.54) is 12.8 Å². The first kappa shape index (κ1) is 13.0. The van der Waals surface area contributed by atoms with Gasteiger partial charge < -0.3 is 19.2 Å². The Kier molecular flexibility index (Phi) is 4.54. The maximum atomic E-state index is 11.2. The number of hydrogen-bond donors (Lipinski definition) is 0. The Morgan fingerprint density at radius 1 is 1.47 bits per heavy atom. The molecule has 0 radical (unpaired) electrons. The van der Waals surface area contributed by atoms with Gasteiger partial charge in [-0.15, -0.1) is 0 Å². The number of piperidine rings is 1. The number of methoxy groups -OCH3 is 1. The third-order valence-electron chi connectivity index (χ3n) is 4.03. The van der Waals surface area contributed by atoms with Gasteiger partial charge in [0.05, 0.1) is 12.0 Å². The van der Waals surface area contributed by atoms with E-state index in [0.29, 0.717) is 12.5 Å². The second-order valence-electron chi connectivity index (χ2n) is 5.46. The molecule has 2 heterocycles. The molecule has 0 N–H and O–H groups in total. The zero-order valence-electron chi connectivity index (χ0n) is 10.7. The number of carbonyl (C=O) groups excluding carboxylic acids is 1. The molecule has 0 aromatic carbocycles. The van der Waals surface area contributed by atoms with Crippen molar-refractivity contribution in [1.29, 1.82) is 0 Å². The molecular formula is C13H23NO3. The van der Waals surface area contributed by atoms with Crippen LogP contribution < -0.4 is 0 Å². The fourth-order valence-corrected chi connectivity index (χ4v) is 2.87. The summed E-state index contributed by atoms with van der Waals surface area (Å²) in [7, 11) is 1.77. The number of nitrogens with zero attached hydrogens (tertiary/aromatic N) is 1. The summed E-state index contributed by atoms with van der Waals surface area (Å²) in [6, 6.07) is 0. The van der Waals surface area contributed by atoms with E-state index in [1.54, 1.807) is 7.11 Å². The fraction of sp³-hybridized carbons (Fsp3) is 0.923. The molecule has 2 aliphatic rings. The first-order valence-corrected chi connectivity index (χ1v) is 6.53. The summed E-state index contributed by atoms with van der Waals surface area (Å²) in [5, 5.41) is 0. The average molecular weight is 241 g/mol. The predicted octanol–water partition coefficient (Wildman–Crippen LogP) is 0.950. The van der Waals surface area contributed by atoms with E-state index in [2.05, 4.69) is 4.90 Å². The maximum Gasteiger partial charge on any atom is 0.129 e. The van der Waals surface area contributed by atoms with Crippen LogP contribution in [0.2, 0.25) is 0 Å². The first-order valence-electron chi connectivity index (χ1n) is 6.53. The molecule has 2 rings (SSSR count). The normalized spacial score (nSPS) is 31.8. The van der Waals surface area contributed by atoms with Gasteiger partial charge in [0.2, 0.25) is 0 Å². The molecule has 1 atom stereocenters. The molecule has 0 aliphatic carbocycles. The summed E-state index contributed by atoms with van der Waals surface area (Å²) in [6.45, 7) is 5.26. The summed E-state index contributed by atoms with van der Waals surface area (Å²) in [5.74, 6) is 0.697. The molecule has 2 aliphatic heterocycles. The summed E-state index contributed by atoms with van der Waals surface area (Å²) in [6.07, 6.45) is 4.36. The topological polar surface area (TPSA) is 38.8 Å². The smallest absolute Gasteiger partial charge is 0.129 e. The number of likely N-dealkylation sites (tertiary alicyclic amines) is 1. The van der Waals surface area contributed by atoms with Gasteiger partial charge in [-0.1, -0.05) is 0 Å². The fourth-order valence-electron chi connectivity index (χ4n) is 2.87. The summed E-state index contributed by atoms with van der Waals surface area (Å²) >= 11 is 0. The van der Waals surface area contributed by atoms with Crippen molar-refractivity contribution in [2.24, 2.45) is 11.3 Å². The minimum atomic E-state index is -0.228. The van der Waals surface area contributed by atoms with Crippen molar-refractivity contribution < 1.29 is 14.3 Å². The Labute approximate surface area is 103 Å². The molecule has 4 nitrogen and oxygen atoms in total. The SMILES string of the molecule is COCC1CCN(CC2(C=O)CCOC2)CC1. The number of hydrogen-bond acceptors (Lipinski definition) is 4. The van der Waals surface area contributed by atoms with Gasteiger partial charge in [0.15, 0.2) is 0 Å². The zero-order chi connectivity index (χ0) is 12.1. The van der Waals surface area contributed by atoms with Gasteiger partial charge in [-0.2, -0.15) is 0 Å². The van der Waals surface area contributed by atoms with Crippen LogP contribution in [0.15, 0.2) is 0 Å². The Morgan fingerprint density at radius 2 is 2.24 bits per heavy atom. The van der Waals surface area contributed by atoms with Crippen molar-refractivity contribution in [3.63, 3.8) is 0 Å². The van der Waals surface area contributed by atoms with Crippen LogP contribution in [-0.2, 0) is 14.3 Å². The molecule has 98 valence electrons. The largest absolute Gasteiger partial charge is 0.384 e. The van der Waals surface area contributed by atoms with Gasteiger partial charge in [-0.25, -0.2) is 0 Å². The van der Waals surface area contributed by atoms with Crippen molar-refractivity contribution >= 4 is 6.29 Å². The number of ether oxygens (including phenoxy) is 2. The van der Waals surface area contributed by atoms with Crippen LogP contribution in [0.1, 0.15) is 19.3 Å². The van der Waals surface area contributed by atoms with Crippen LogP contribution in [-0.4, -0.2) is 57.8 Å². The molecule has 0 bridgehead atoms. The quantitative estimate of drug-likeness (QED) is 0.672. The molecule has 2 saturated heterocycles. The number of rotatable bonds is 5. The third kappa shape index (κ3) is 3.27. The Morgan fingerprint density at radius 3 is 2.76 bits per heavy atom. The summed E-state index contributed by atoms with van der Waals surface area (Å²) in [4.78, 5) is 13.7. The van der Waals surface area contributed by atoms with Crippen molar-refractivity contribution in [1.82, 2.24) is 4.90 Å². The molecule has 0 spiro atoms. The molecule has 0 saturated carbocycles.